The second-order valence-corrected chi connectivity index (χ2v) is 16.1. The van der Waals surface area contributed by atoms with Crippen molar-refractivity contribution in [2.24, 2.45) is 5.92 Å². The average molecular weight is 797 g/mol. The third-order valence-corrected chi connectivity index (χ3v) is 11.1. The third-order valence-electron chi connectivity index (χ3n) is 11.1. The number of rotatable bonds is 42. The van der Waals surface area contributed by atoms with Gasteiger partial charge in [-0.3, -0.25) is 14.5 Å². The zero-order chi connectivity index (χ0) is 41.3. The van der Waals surface area contributed by atoms with Crippen molar-refractivity contribution >= 4 is 18.1 Å². The highest BCUT2D eigenvalue weighted by Gasteiger charge is 2.17. The van der Waals surface area contributed by atoms with E-state index in [9.17, 15) is 14.4 Å². The van der Waals surface area contributed by atoms with Gasteiger partial charge in [-0.25, -0.2) is 4.79 Å². The van der Waals surface area contributed by atoms with Crippen molar-refractivity contribution in [2.75, 3.05) is 59.1 Å². The van der Waals surface area contributed by atoms with E-state index in [4.69, 9.17) is 18.9 Å². The Labute approximate surface area is 346 Å². The number of carbonyl (C=O) groups is 3. The van der Waals surface area contributed by atoms with E-state index >= 15 is 0 Å². The maximum Gasteiger partial charge on any atom is 0.508 e. The summed E-state index contributed by atoms with van der Waals surface area (Å²) in [7, 11) is 0. The summed E-state index contributed by atoms with van der Waals surface area (Å²) in [5, 5.41) is 0. The summed E-state index contributed by atoms with van der Waals surface area (Å²) in [4.78, 5) is 42.0. The van der Waals surface area contributed by atoms with E-state index < -0.39 is 6.16 Å². The first-order chi connectivity index (χ1) is 27.3. The summed E-state index contributed by atoms with van der Waals surface area (Å²) in [6, 6.07) is 0. The third kappa shape index (κ3) is 35.3. The molecule has 0 aromatic carbocycles. The van der Waals surface area contributed by atoms with Gasteiger partial charge in [-0.05, 0) is 76.8 Å². The van der Waals surface area contributed by atoms with Crippen LogP contribution < -0.4 is 0 Å². The van der Waals surface area contributed by atoms with Crippen LogP contribution in [-0.4, -0.2) is 93.1 Å². The number of hydrogen-bond donors (Lipinski definition) is 0. The number of ether oxygens (including phenoxy) is 4. The molecule has 0 N–H and O–H groups in total. The highest BCUT2D eigenvalue weighted by atomic mass is 16.7. The van der Waals surface area contributed by atoms with Gasteiger partial charge < -0.3 is 23.8 Å². The Morgan fingerprint density at radius 2 is 0.911 bits per heavy atom. The smallest absolute Gasteiger partial charge is 0.465 e. The molecule has 9 heteroatoms. The minimum atomic E-state index is -0.558. The van der Waals surface area contributed by atoms with Crippen molar-refractivity contribution in [3.63, 3.8) is 0 Å². The molecule has 0 aliphatic carbocycles. The summed E-state index contributed by atoms with van der Waals surface area (Å²) < 4.78 is 22.7. The SMILES string of the molecule is CCCCCCC(=O)OCCN(CCCOC(=O)OC(CCCCCC)CCCCCCCCC(=O)OCC(CCCC)CCCCCC)CCN(CC)CC. The van der Waals surface area contributed by atoms with E-state index in [0.717, 1.165) is 123 Å². The molecule has 0 fully saturated rings. The molecule has 0 heterocycles. The van der Waals surface area contributed by atoms with Crippen LogP contribution in [0.3, 0.4) is 0 Å². The highest BCUT2D eigenvalue weighted by molar-refractivity contribution is 5.69. The molecule has 332 valence electrons. The van der Waals surface area contributed by atoms with Crippen molar-refractivity contribution in [3.8, 4) is 0 Å². The lowest BCUT2D eigenvalue weighted by molar-refractivity contribution is -0.145. The monoisotopic (exact) mass is 797 g/mol. The summed E-state index contributed by atoms with van der Waals surface area (Å²) in [6.45, 7) is 19.8. The molecule has 0 bridgehead atoms. The molecule has 0 aromatic heterocycles. The summed E-state index contributed by atoms with van der Waals surface area (Å²) in [6.07, 6.45) is 27.8. The number of nitrogens with zero attached hydrogens (tertiary/aromatic N) is 2. The Balaban J connectivity index is 4.52. The molecule has 0 aliphatic rings. The molecule has 0 saturated heterocycles. The fourth-order valence-corrected chi connectivity index (χ4v) is 7.18. The average Bonchev–Trinajstić information content (AvgIpc) is 3.19. The fraction of sp³-hybridized carbons (Fsp3) is 0.936. The van der Waals surface area contributed by atoms with Crippen molar-refractivity contribution in [1.29, 1.82) is 0 Å². The predicted molar refractivity (Wildman–Crippen MR) is 233 cm³/mol. The van der Waals surface area contributed by atoms with Crippen LogP contribution in [-0.2, 0) is 28.5 Å². The van der Waals surface area contributed by atoms with Gasteiger partial charge in [-0.2, -0.15) is 0 Å². The Hall–Kier alpha value is -1.87. The first-order valence-electron chi connectivity index (χ1n) is 23.9. The van der Waals surface area contributed by atoms with Crippen LogP contribution in [0.5, 0.6) is 0 Å². The molecule has 0 radical (unpaired) electrons. The number of unbranched alkanes of at least 4 members (excludes halogenated alkanes) is 15. The van der Waals surface area contributed by atoms with E-state index in [2.05, 4.69) is 51.3 Å². The van der Waals surface area contributed by atoms with E-state index in [1.807, 2.05) is 0 Å². The van der Waals surface area contributed by atoms with Gasteiger partial charge in [-0.15, -0.1) is 0 Å². The molecule has 0 saturated carbocycles. The molecular weight excluding hydrogens is 705 g/mol. The van der Waals surface area contributed by atoms with Crippen LogP contribution in [0.1, 0.15) is 215 Å². The van der Waals surface area contributed by atoms with Crippen LogP contribution in [0, 0.1) is 5.92 Å². The van der Waals surface area contributed by atoms with Crippen molar-refractivity contribution < 1.29 is 33.3 Å². The Morgan fingerprint density at radius 1 is 0.429 bits per heavy atom. The number of likely N-dealkylation sites (N-methyl/N-ethyl adjacent to an activating group) is 1. The van der Waals surface area contributed by atoms with Gasteiger partial charge in [0.15, 0.2) is 0 Å². The fourth-order valence-electron chi connectivity index (χ4n) is 7.18. The maximum absolute atomic E-state index is 12.8. The topological polar surface area (TPSA) is 94.6 Å². The Morgan fingerprint density at radius 3 is 1.50 bits per heavy atom. The Kier molecular flexibility index (Phi) is 39.9. The van der Waals surface area contributed by atoms with Gasteiger partial charge in [0.25, 0.3) is 0 Å². The van der Waals surface area contributed by atoms with Gasteiger partial charge in [0, 0.05) is 39.0 Å². The number of hydrogen-bond acceptors (Lipinski definition) is 9. The normalized spacial score (nSPS) is 12.6. The molecule has 2 atom stereocenters. The van der Waals surface area contributed by atoms with Gasteiger partial charge in [0.2, 0.25) is 0 Å². The molecule has 0 aliphatic heterocycles. The second kappa shape index (κ2) is 41.3. The lowest BCUT2D eigenvalue weighted by atomic mass is 9.96. The van der Waals surface area contributed by atoms with Crippen molar-refractivity contribution in [3.05, 3.63) is 0 Å². The number of esters is 2. The Bertz CT molecular complexity index is 885. The van der Waals surface area contributed by atoms with E-state index in [0.29, 0.717) is 51.5 Å². The molecule has 0 spiro atoms. The van der Waals surface area contributed by atoms with Crippen LogP contribution in [0.25, 0.3) is 0 Å². The first-order valence-corrected chi connectivity index (χ1v) is 23.9. The first kappa shape index (κ1) is 54.1. The molecule has 9 nitrogen and oxygen atoms in total. The van der Waals surface area contributed by atoms with Crippen LogP contribution >= 0.6 is 0 Å². The summed E-state index contributed by atoms with van der Waals surface area (Å²) >= 11 is 0. The second-order valence-electron chi connectivity index (χ2n) is 16.1. The minimum absolute atomic E-state index is 0.0336. The number of carbonyl (C=O) groups excluding carboxylic acids is 3. The van der Waals surface area contributed by atoms with E-state index in [1.54, 1.807) is 0 Å². The molecule has 0 rings (SSSR count). The van der Waals surface area contributed by atoms with Crippen molar-refractivity contribution in [2.45, 2.75) is 221 Å². The molecule has 2 unspecified atom stereocenters. The summed E-state index contributed by atoms with van der Waals surface area (Å²) in [5.41, 5.74) is 0. The van der Waals surface area contributed by atoms with Gasteiger partial charge in [0.1, 0.15) is 12.7 Å². The quantitative estimate of drug-likeness (QED) is 0.0340. The summed E-state index contributed by atoms with van der Waals surface area (Å²) in [5.74, 6) is 0.373. The van der Waals surface area contributed by atoms with Gasteiger partial charge in [-0.1, -0.05) is 144 Å². The highest BCUT2D eigenvalue weighted by Crippen LogP contribution is 2.20. The predicted octanol–water partition coefficient (Wildman–Crippen LogP) is 12.5. The maximum atomic E-state index is 12.8. The lowest BCUT2D eigenvalue weighted by Crippen LogP contribution is -2.38. The van der Waals surface area contributed by atoms with Gasteiger partial charge in [0.05, 0.1) is 13.2 Å². The zero-order valence-corrected chi connectivity index (χ0v) is 37.9. The van der Waals surface area contributed by atoms with E-state index in [1.165, 1.54) is 64.2 Å². The lowest BCUT2D eigenvalue weighted by Gasteiger charge is -2.26. The van der Waals surface area contributed by atoms with Crippen LogP contribution in [0.15, 0.2) is 0 Å². The van der Waals surface area contributed by atoms with Gasteiger partial charge >= 0.3 is 18.1 Å². The minimum Gasteiger partial charge on any atom is -0.465 e. The molecule has 56 heavy (non-hydrogen) atoms. The van der Waals surface area contributed by atoms with Crippen LogP contribution in [0.2, 0.25) is 0 Å². The molecule has 0 amide bonds. The standard InChI is InChI=1S/C47H92N2O7/c1-7-13-17-24-31-43(30-16-10-4)42-55-46(51)35-28-23-21-20-22-26-33-44(32-25-18-14-8-2)56-47(52)54-40-29-36-49(38-37-48(11-5)12-6)39-41-53-45(50)34-27-19-15-9-3/h43-44H,7-42H2,1-6H3. The molecule has 0 aromatic rings. The van der Waals surface area contributed by atoms with Crippen LogP contribution in [0.4, 0.5) is 4.79 Å². The molecular formula is C47H92N2O7. The van der Waals surface area contributed by atoms with Crippen molar-refractivity contribution in [1.82, 2.24) is 9.80 Å². The van der Waals surface area contributed by atoms with E-state index in [-0.39, 0.29) is 18.0 Å². The largest absolute Gasteiger partial charge is 0.508 e. The zero-order valence-electron chi connectivity index (χ0n) is 37.9.